The zero-order chi connectivity index (χ0) is 25.8. The highest BCUT2D eigenvalue weighted by Gasteiger charge is 2.22. The fourth-order valence-corrected chi connectivity index (χ4v) is 4.38. The van der Waals surface area contributed by atoms with E-state index in [1.54, 1.807) is 41.7 Å². The molecule has 11 nitrogen and oxygen atoms in total. The summed E-state index contributed by atoms with van der Waals surface area (Å²) in [5.41, 5.74) is 2.40. The number of likely N-dealkylation sites (tertiary alicyclic amines) is 1. The molecule has 12 heteroatoms. The van der Waals surface area contributed by atoms with Gasteiger partial charge >= 0.3 is 0 Å². The molecule has 37 heavy (non-hydrogen) atoms. The summed E-state index contributed by atoms with van der Waals surface area (Å²) in [5, 5.41) is 15.1. The molecule has 1 fully saturated rings. The van der Waals surface area contributed by atoms with Gasteiger partial charge in [0.1, 0.15) is 18.3 Å². The summed E-state index contributed by atoms with van der Waals surface area (Å²) >= 11 is 0. The molecule has 5 rings (SSSR count). The summed E-state index contributed by atoms with van der Waals surface area (Å²) in [6.07, 6.45) is 10.0. The minimum Gasteiger partial charge on any atom is -0.367 e. The number of hydrogen-bond acceptors (Lipinski definition) is 9. The van der Waals surface area contributed by atoms with Crippen LogP contribution in [0.1, 0.15) is 43.2 Å². The first kappa shape index (κ1) is 24.6. The number of pyridine rings is 2. The Hall–Kier alpha value is -4.06. The molecule has 0 aromatic carbocycles. The molecule has 5 heterocycles. The minimum atomic E-state index is -0.393. The molecule has 1 aliphatic rings. The van der Waals surface area contributed by atoms with Crippen molar-refractivity contribution in [3.8, 4) is 11.3 Å². The maximum Gasteiger partial charge on any atom is 0.278 e. The summed E-state index contributed by atoms with van der Waals surface area (Å²) < 4.78 is 14.3. The van der Waals surface area contributed by atoms with Crippen molar-refractivity contribution < 1.29 is 9.18 Å². The van der Waals surface area contributed by atoms with Gasteiger partial charge in [-0.05, 0) is 38.8 Å². The lowest BCUT2D eigenvalue weighted by Gasteiger charge is -2.30. The van der Waals surface area contributed by atoms with Crippen molar-refractivity contribution in [3.63, 3.8) is 0 Å². The lowest BCUT2D eigenvalue weighted by atomic mass is 10.1. The smallest absolute Gasteiger partial charge is 0.278 e. The third kappa shape index (κ3) is 5.85. The first-order valence-corrected chi connectivity index (χ1v) is 12.3. The predicted octanol–water partition coefficient (Wildman–Crippen LogP) is 3.36. The lowest BCUT2D eigenvalue weighted by molar-refractivity contribution is 0.102. The number of aromatic nitrogens is 7. The molecule has 0 unspecified atom stereocenters. The number of piperidine rings is 1. The molecule has 0 atom stereocenters. The number of anilines is 2. The third-order valence-corrected chi connectivity index (χ3v) is 6.25. The largest absolute Gasteiger partial charge is 0.367 e. The molecular formula is C25H29FN10O. The Morgan fingerprint density at radius 1 is 1.11 bits per heavy atom. The van der Waals surface area contributed by atoms with E-state index in [1.807, 2.05) is 19.9 Å². The Balaban J connectivity index is 1.28. The number of rotatable bonds is 8. The standard InChI is InChI=1S/C25H29FN10O/c1-16(2)30-24-14-27-12-21(31-24)18-9-17-10-23(29-13-20(17)28-11-18)32-25(37)22-15-36(34-33-22)19-3-6-35(7-4-19)8-5-26/h9-16,19H,3-8H2,1-2H3,(H,30,31)(H,29,32,37). The number of alkyl halides is 1. The second kappa shape index (κ2) is 10.9. The minimum absolute atomic E-state index is 0.144. The zero-order valence-electron chi connectivity index (χ0n) is 20.8. The molecule has 1 amide bonds. The Morgan fingerprint density at radius 3 is 2.73 bits per heavy atom. The fourth-order valence-electron chi connectivity index (χ4n) is 4.38. The maximum atomic E-state index is 12.8. The van der Waals surface area contributed by atoms with Gasteiger partial charge in [0.05, 0.1) is 42.0 Å². The molecular weight excluding hydrogens is 475 g/mol. The van der Waals surface area contributed by atoms with Crippen LogP contribution in [-0.4, -0.2) is 78.1 Å². The Labute approximate surface area is 213 Å². The fraction of sp³-hybridized carbons (Fsp3) is 0.400. The van der Waals surface area contributed by atoms with Crippen LogP contribution >= 0.6 is 0 Å². The summed E-state index contributed by atoms with van der Waals surface area (Å²) in [5.74, 6) is 0.677. The molecule has 0 spiro atoms. The first-order valence-electron chi connectivity index (χ1n) is 12.3. The molecule has 192 valence electrons. The van der Waals surface area contributed by atoms with Crippen LogP contribution in [0.5, 0.6) is 0 Å². The van der Waals surface area contributed by atoms with Gasteiger partial charge in [-0.15, -0.1) is 5.10 Å². The topological polar surface area (TPSA) is 127 Å². The van der Waals surface area contributed by atoms with Crippen molar-refractivity contribution in [2.75, 3.05) is 36.9 Å². The van der Waals surface area contributed by atoms with Gasteiger partial charge in [-0.2, -0.15) is 0 Å². The van der Waals surface area contributed by atoms with Crippen LogP contribution in [0.2, 0.25) is 0 Å². The van der Waals surface area contributed by atoms with Crippen LogP contribution in [0.4, 0.5) is 16.0 Å². The van der Waals surface area contributed by atoms with Gasteiger partial charge in [0.15, 0.2) is 5.69 Å². The van der Waals surface area contributed by atoms with Crippen LogP contribution in [0.15, 0.2) is 43.1 Å². The highest BCUT2D eigenvalue weighted by Crippen LogP contribution is 2.24. The third-order valence-electron chi connectivity index (χ3n) is 6.25. The Bertz CT molecular complexity index is 1380. The van der Waals surface area contributed by atoms with Crippen molar-refractivity contribution in [3.05, 3.63) is 48.8 Å². The molecule has 0 radical (unpaired) electrons. The van der Waals surface area contributed by atoms with E-state index in [4.69, 9.17) is 0 Å². The van der Waals surface area contributed by atoms with Crippen molar-refractivity contribution in [1.82, 2.24) is 39.8 Å². The quantitative estimate of drug-likeness (QED) is 0.371. The number of halogens is 1. The summed E-state index contributed by atoms with van der Waals surface area (Å²) in [7, 11) is 0. The van der Waals surface area contributed by atoms with Gasteiger partial charge in [-0.3, -0.25) is 14.8 Å². The van der Waals surface area contributed by atoms with E-state index in [2.05, 4.69) is 45.8 Å². The lowest BCUT2D eigenvalue weighted by Crippen LogP contribution is -2.36. The molecule has 0 bridgehead atoms. The van der Waals surface area contributed by atoms with Gasteiger partial charge in [-0.25, -0.2) is 19.0 Å². The van der Waals surface area contributed by atoms with Crippen LogP contribution < -0.4 is 10.6 Å². The molecule has 1 saturated heterocycles. The van der Waals surface area contributed by atoms with Crippen LogP contribution in [-0.2, 0) is 0 Å². The first-order chi connectivity index (χ1) is 18.0. The summed E-state index contributed by atoms with van der Waals surface area (Å²) in [6.45, 7) is 5.80. The highest BCUT2D eigenvalue weighted by atomic mass is 19.1. The molecule has 4 aromatic heterocycles. The number of amides is 1. The van der Waals surface area contributed by atoms with Gasteiger partial charge in [-0.1, -0.05) is 5.21 Å². The van der Waals surface area contributed by atoms with E-state index in [9.17, 15) is 9.18 Å². The Morgan fingerprint density at radius 2 is 1.95 bits per heavy atom. The van der Waals surface area contributed by atoms with E-state index >= 15 is 0 Å². The summed E-state index contributed by atoms with van der Waals surface area (Å²) in [6, 6.07) is 4.08. The monoisotopic (exact) mass is 504 g/mol. The average Bonchev–Trinajstić information content (AvgIpc) is 3.39. The molecule has 0 aliphatic carbocycles. The number of nitrogens with one attached hydrogen (secondary N) is 2. The van der Waals surface area contributed by atoms with E-state index in [1.165, 1.54) is 0 Å². The van der Waals surface area contributed by atoms with Crippen molar-refractivity contribution in [2.24, 2.45) is 0 Å². The highest BCUT2D eigenvalue weighted by molar-refractivity contribution is 6.02. The zero-order valence-corrected chi connectivity index (χ0v) is 20.8. The van der Waals surface area contributed by atoms with Gasteiger partial charge in [0.25, 0.3) is 5.91 Å². The SMILES string of the molecule is CC(C)Nc1cncc(-c2cnc3cnc(NC(=O)c4cn(C5CCN(CCF)CC5)nn4)cc3c2)n1. The molecule has 2 N–H and O–H groups in total. The van der Waals surface area contributed by atoms with E-state index in [0.29, 0.717) is 29.4 Å². The van der Waals surface area contributed by atoms with Crippen molar-refractivity contribution in [1.29, 1.82) is 0 Å². The van der Waals surface area contributed by atoms with E-state index in [-0.39, 0.29) is 24.5 Å². The second-order valence-corrected chi connectivity index (χ2v) is 9.37. The van der Waals surface area contributed by atoms with E-state index in [0.717, 1.165) is 36.9 Å². The van der Waals surface area contributed by atoms with Gasteiger partial charge in [0.2, 0.25) is 0 Å². The second-order valence-electron chi connectivity index (χ2n) is 9.37. The molecule has 1 aliphatic heterocycles. The number of hydrogen-bond donors (Lipinski definition) is 2. The summed E-state index contributed by atoms with van der Waals surface area (Å²) in [4.78, 5) is 32.6. The van der Waals surface area contributed by atoms with Crippen LogP contribution in [0.3, 0.4) is 0 Å². The number of fused-ring (bicyclic) bond motifs is 1. The Kier molecular flexibility index (Phi) is 7.26. The van der Waals surface area contributed by atoms with Crippen molar-refractivity contribution in [2.45, 2.75) is 38.8 Å². The average molecular weight is 505 g/mol. The van der Waals surface area contributed by atoms with Crippen LogP contribution in [0, 0.1) is 0 Å². The predicted molar refractivity (Wildman–Crippen MR) is 138 cm³/mol. The normalized spacial score (nSPS) is 14.8. The maximum absolute atomic E-state index is 12.8. The van der Waals surface area contributed by atoms with Crippen LogP contribution in [0.25, 0.3) is 22.2 Å². The molecule has 0 saturated carbocycles. The molecule has 4 aromatic rings. The number of nitrogens with zero attached hydrogens (tertiary/aromatic N) is 8. The van der Waals surface area contributed by atoms with Gasteiger partial charge in [0, 0.05) is 42.8 Å². The van der Waals surface area contributed by atoms with E-state index < -0.39 is 5.91 Å². The van der Waals surface area contributed by atoms with Crippen molar-refractivity contribution >= 4 is 28.4 Å². The number of carbonyl (C=O) groups excluding carboxylic acids is 1. The van der Waals surface area contributed by atoms with Gasteiger partial charge < -0.3 is 15.5 Å². The number of carbonyl (C=O) groups is 1.